The Morgan fingerprint density at radius 1 is 1.33 bits per heavy atom. The third-order valence-electron chi connectivity index (χ3n) is 2.83. The van der Waals surface area contributed by atoms with Gasteiger partial charge in [0.1, 0.15) is 0 Å². The number of amides is 1. The molecule has 1 heterocycles. The van der Waals surface area contributed by atoms with Gasteiger partial charge in [-0.2, -0.15) is 0 Å². The van der Waals surface area contributed by atoms with Crippen LogP contribution in [0.4, 0.5) is 0 Å². The third-order valence-corrected chi connectivity index (χ3v) is 5.98. The Morgan fingerprint density at radius 3 is 2.54 bits per heavy atom. The molecule has 0 saturated heterocycles. The molecule has 1 amide bonds. The number of hydrogen-bond acceptors (Lipinski definition) is 6. The van der Waals surface area contributed by atoms with E-state index in [1.165, 1.54) is 19.3 Å². The first-order chi connectivity index (χ1) is 11.2. The van der Waals surface area contributed by atoms with E-state index in [-0.39, 0.29) is 16.4 Å². The van der Waals surface area contributed by atoms with Crippen LogP contribution in [0.15, 0.2) is 15.7 Å². The molecule has 0 aliphatic carbocycles. The molecule has 0 fully saturated rings. The molecule has 0 radical (unpaired) electrons. The van der Waals surface area contributed by atoms with Crippen molar-refractivity contribution >= 4 is 33.6 Å². The summed E-state index contributed by atoms with van der Waals surface area (Å²) >= 11 is 0. The Bertz CT molecular complexity index is 783. The van der Waals surface area contributed by atoms with E-state index in [0.29, 0.717) is 5.69 Å². The predicted octanol–water partition coefficient (Wildman–Crippen LogP) is -2.05. The van der Waals surface area contributed by atoms with Crippen LogP contribution in [0.3, 0.4) is 0 Å². The van der Waals surface area contributed by atoms with Gasteiger partial charge < -0.3 is 15.4 Å². The second kappa shape index (κ2) is 9.45. The van der Waals surface area contributed by atoms with Crippen molar-refractivity contribution in [1.82, 2.24) is 15.3 Å². The summed E-state index contributed by atoms with van der Waals surface area (Å²) < 4.78 is 22.7. The molecular formula is C13H19N3O6S2. The number of nitrogens with one attached hydrogen (secondary N) is 3. The molecule has 0 aliphatic rings. The standard InChI is InChI=1S/C13H19N3O6S2/c1-8-10(12(19)16-13(20)14-8)3-4-11(18)15-9(5-17)6-24(22)7-23(2)21/h3-4,9,17H,5-7H2,1-2H3,(H,15,18)(H2,14,16,19,20)/b4-3+/t9-,23+,24-/m0/s1. The van der Waals surface area contributed by atoms with Crippen molar-refractivity contribution < 1.29 is 18.3 Å². The van der Waals surface area contributed by atoms with Crippen molar-refractivity contribution in [3.05, 3.63) is 38.2 Å². The van der Waals surface area contributed by atoms with Gasteiger partial charge >= 0.3 is 5.69 Å². The minimum atomic E-state index is -1.44. The summed E-state index contributed by atoms with van der Waals surface area (Å²) in [4.78, 5) is 39.0. The van der Waals surface area contributed by atoms with Crippen molar-refractivity contribution in [2.24, 2.45) is 0 Å². The molecule has 0 saturated carbocycles. The topological polar surface area (TPSA) is 149 Å². The highest BCUT2D eigenvalue weighted by molar-refractivity contribution is 8.01. The zero-order valence-electron chi connectivity index (χ0n) is 13.2. The van der Waals surface area contributed by atoms with Crippen LogP contribution in [-0.4, -0.2) is 59.1 Å². The molecule has 1 aromatic heterocycles. The molecule has 0 bridgehead atoms. The molecule has 24 heavy (non-hydrogen) atoms. The van der Waals surface area contributed by atoms with Crippen LogP contribution in [0.2, 0.25) is 0 Å². The summed E-state index contributed by atoms with van der Waals surface area (Å²) in [6.45, 7) is 1.08. The van der Waals surface area contributed by atoms with Crippen LogP contribution >= 0.6 is 0 Å². The van der Waals surface area contributed by atoms with E-state index in [9.17, 15) is 27.9 Å². The largest absolute Gasteiger partial charge is 0.394 e. The van der Waals surface area contributed by atoms with Gasteiger partial charge in [0.15, 0.2) is 0 Å². The lowest BCUT2D eigenvalue weighted by molar-refractivity contribution is -0.117. The van der Waals surface area contributed by atoms with Crippen molar-refractivity contribution in [2.45, 2.75) is 13.0 Å². The van der Waals surface area contributed by atoms with Gasteiger partial charge in [0, 0.05) is 45.4 Å². The number of aromatic amines is 2. The quantitative estimate of drug-likeness (QED) is 0.383. The number of H-pyrrole nitrogens is 2. The number of hydrogen-bond donors (Lipinski definition) is 4. The molecule has 1 rings (SSSR count). The highest BCUT2D eigenvalue weighted by Crippen LogP contribution is 1.98. The van der Waals surface area contributed by atoms with Gasteiger partial charge in [-0.1, -0.05) is 0 Å². The normalized spacial score (nSPS) is 15.1. The zero-order valence-corrected chi connectivity index (χ0v) is 14.8. The van der Waals surface area contributed by atoms with Gasteiger partial charge in [-0.15, -0.1) is 0 Å². The third kappa shape index (κ3) is 6.72. The van der Waals surface area contributed by atoms with Gasteiger partial charge in [-0.05, 0) is 13.0 Å². The number of aliphatic hydroxyl groups is 1. The number of rotatable bonds is 8. The van der Waals surface area contributed by atoms with Crippen LogP contribution in [0.5, 0.6) is 0 Å². The molecule has 134 valence electrons. The van der Waals surface area contributed by atoms with E-state index in [2.05, 4.69) is 10.3 Å². The molecular weight excluding hydrogens is 358 g/mol. The fraction of sp³-hybridized carbons (Fsp3) is 0.462. The number of carbonyl (C=O) groups excluding carboxylic acids is 1. The van der Waals surface area contributed by atoms with Crippen LogP contribution in [-0.2, 0) is 26.4 Å². The van der Waals surface area contributed by atoms with E-state index in [4.69, 9.17) is 0 Å². The van der Waals surface area contributed by atoms with Crippen molar-refractivity contribution in [2.75, 3.05) is 23.7 Å². The number of aryl methyl sites for hydroxylation is 1. The van der Waals surface area contributed by atoms with E-state index in [1.807, 2.05) is 4.98 Å². The average Bonchev–Trinajstić information content (AvgIpc) is 2.44. The maximum absolute atomic E-state index is 11.8. The lowest BCUT2D eigenvalue weighted by Gasteiger charge is -2.14. The molecule has 11 heteroatoms. The van der Waals surface area contributed by atoms with Crippen molar-refractivity contribution in [3.8, 4) is 0 Å². The van der Waals surface area contributed by atoms with Crippen LogP contribution in [0.1, 0.15) is 11.3 Å². The summed E-state index contributed by atoms with van der Waals surface area (Å²) in [6, 6.07) is -0.763. The van der Waals surface area contributed by atoms with Crippen LogP contribution in [0, 0.1) is 6.92 Å². The van der Waals surface area contributed by atoms with E-state index in [1.54, 1.807) is 0 Å². The smallest absolute Gasteiger partial charge is 0.325 e. The zero-order chi connectivity index (χ0) is 18.3. The molecule has 3 atom stereocenters. The second-order valence-electron chi connectivity index (χ2n) is 4.97. The summed E-state index contributed by atoms with van der Waals surface area (Å²) in [5, 5.41) is 11.6. The lowest BCUT2D eigenvalue weighted by Crippen LogP contribution is -2.41. The fourth-order valence-corrected chi connectivity index (χ4v) is 4.32. The first-order valence-electron chi connectivity index (χ1n) is 6.80. The Labute approximate surface area is 142 Å². The monoisotopic (exact) mass is 377 g/mol. The minimum Gasteiger partial charge on any atom is -0.394 e. The molecule has 1 aromatic rings. The van der Waals surface area contributed by atoms with Crippen molar-refractivity contribution in [3.63, 3.8) is 0 Å². The Kier molecular flexibility index (Phi) is 7.95. The van der Waals surface area contributed by atoms with Crippen molar-refractivity contribution in [1.29, 1.82) is 0 Å². The molecule has 0 unspecified atom stereocenters. The average molecular weight is 377 g/mol. The lowest BCUT2D eigenvalue weighted by atomic mass is 10.2. The SMILES string of the molecule is Cc1[nH]c(=O)[nH]c(=O)c1/C=C/C(=O)N[C@@H](CO)C[S@](=O)C[S@@](C)=O. The molecule has 0 aliphatic heterocycles. The Hall–Kier alpha value is -1.85. The number of aliphatic hydroxyl groups excluding tert-OH is 1. The van der Waals surface area contributed by atoms with Gasteiger partial charge in [-0.3, -0.25) is 23.0 Å². The van der Waals surface area contributed by atoms with E-state index >= 15 is 0 Å². The summed E-state index contributed by atoms with van der Waals surface area (Å²) in [6.07, 6.45) is 3.71. The van der Waals surface area contributed by atoms with Crippen LogP contribution in [0.25, 0.3) is 6.08 Å². The number of carbonyl (C=O) groups is 1. The summed E-state index contributed by atoms with van der Waals surface area (Å²) in [5.41, 5.74) is -0.853. The Morgan fingerprint density at radius 2 is 2.00 bits per heavy atom. The van der Waals surface area contributed by atoms with Crippen LogP contribution < -0.4 is 16.6 Å². The number of aromatic nitrogens is 2. The van der Waals surface area contributed by atoms with Gasteiger partial charge in [0.05, 0.1) is 23.3 Å². The van der Waals surface area contributed by atoms with Gasteiger partial charge in [0.2, 0.25) is 5.91 Å². The Balaban J connectivity index is 2.74. The first kappa shape index (κ1) is 20.2. The predicted molar refractivity (Wildman–Crippen MR) is 92.4 cm³/mol. The fourth-order valence-electron chi connectivity index (χ4n) is 1.82. The maximum atomic E-state index is 11.8. The molecule has 0 spiro atoms. The highest BCUT2D eigenvalue weighted by Gasteiger charge is 2.14. The first-order valence-corrected chi connectivity index (χ1v) is 10.0. The maximum Gasteiger partial charge on any atom is 0.325 e. The summed E-state index contributed by atoms with van der Waals surface area (Å²) in [5.74, 6) is -0.637. The molecule has 9 nitrogen and oxygen atoms in total. The van der Waals surface area contributed by atoms with Gasteiger partial charge in [0.25, 0.3) is 5.56 Å². The summed E-state index contributed by atoms with van der Waals surface area (Å²) in [7, 11) is -2.68. The highest BCUT2D eigenvalue weighted by atomic mass is 32.2. The minimum absolute atomic E-state index is 0.0336. The molecule has 0 aromatic carbocycles. The second-order valence-corrected chi connectivity index (χ2v) is 8.27. The van der Waals surface area contributed by atoms with E-state index in [0.717, 1.165) is 6.08 Å². The van der Waals surface area contributed by atoms with Gasteiger partial charge in [-0.25, -0.2) is 4.79 Å². The van der Waals surface area contributed by atoms with E-state index < -0.39 is 51.4 Å². The molecule has 4 N–H and O–H groups in total.